The van der Waals surface area contributed by atoms with E-state index < -0.39 is 41.8 Å². The molecule has 0 saturated carbocycles. The summed E-state index contributed by atoms with van der Waals surface area (Å²) in [6, 6.07) is 23.6. The van der Waals surface area contributed by atoms with Crippen LogP contribution in [-0.2, 0) is 4.74 Å². The monoisotopic (exact) mass is 601 g/mol. The lowest BCUT2D eigenvalue weighted by molar-refractivity contribution is -0.00541. The van der Waals surface area contributed by atoms with Crippen molar-refractivity contribution in [2.45, 2.75) is 57.6 Å². The van der Waals surface area contributed by atoms with Gasteiger partial charge in [0.15, 0.2) is 19.7 Å². The van der Waals surface area contributed by atoms with Gasteiger partial charge in [-0.15, -0.1) is 5.10 Å². The van der Waals surface area contributed by atoms with Crippen LogP contribution < -0.4 is 15.3 Å². The standard InChI is InChI=1S/C34H37F2N3O3Si/c1-22-20-39(21-23(2)42-22)31-26(19-27(35)30(36)29(31)32(40)28-17-12-18-37-38-28)33(41)43(34(3,4)5,24-13-8-6-9-14-24)25-15-10-7-11-16-25/h6-19,22-23,33,41H,20-21H2,1-5H3/t22-,23+,33?. The van der Waals surface area contributed by atoms with Crippen molar-refractivity contribution in [1.82, 2.24) is 10.2 Å². The normalized spacial score (nSPS) is 18.4. The first kappa shape index (κ1) is 30.7. The van der Waals surface area contributed by atoms with Gasteiger partial charge in [-0.3, -0.25) is 4.79 Å². The van der Waals surface area contributed by atoms with E-state index in [4.69, 9.17) is 4.74 Å². The van der Waals surface area contributed by atoms with Crippen molar-refractivity contribution in [3.63, 3.8) is 0 Å². The topological polar surface area (TPSA) is 75.5 Å². The zero-order valence-corrected chi connectivity index (χ0v) is 26.1. The van der Waals surface area contributed by atoms with Crippen LogP contribution in [0, 0.1) is 11.6 Å². The Labute approximate surface area is 252 Å². The number of benzene rings is 3. The highest BCUT2D eigenvalue weighted by atomic mass is 28.3. The second-order valence-electron chi connectivity index (χ2n) is 12.3. The zero-order chi connectivity index (χ0) is 30.9. The molecular weight excluding hydrogens is 564 g/mol. The molecular formula is C34H37F2N3O3Si. The van der Waals surface area contributed by atoms with Gasteiger partial charge in [0.05, 0.1) is 29.2 Å². The number of halogens is 2. The molecule has 1 fully saturated rings. The number of hydrogen-bond donors (Lipinski definition) is 1. The highest BCUT2D eigenvalue weighted by Crippen LogP contribution is 2.47. The molecule has 2 heterocycles. The summed E-state index contributed by atoms with van der Waals surface area (Å²) in [5.41, 5.74) is -1.52. The second kappa shape index (κ2) is 12.1. The van der Waals surface area contributed by atoms with Crippen molar-refractivity contribution in [3.05, 3.63) is 114 Å². The Hall–Kier alpha value is -3.79. The van der Waals surface area contributed by atoms with Crippen LogP contribution in [0.2, 0.25) is 5.04 Å². The van der Waals surface area contributed by atoms with E-state index >= 15 is 8.78 Å². The highest BCUT2D eigenvalue weighted by Gasteiger charge is 2.55. The third-order valence-corrected chi connectivity index (χ3v) is 14.3. The molecule has 0 radical (unpaired) electrons. The maximum Gasteiger partial charge on any atom is 0.218 e. The number of anilines is 1. The van der Waals surface area contributed by atoms with Gasteiger partial charge < -0.3 is 14.7 Å². The van der Waals surface area contributed by atoms with Gasteiger partial charge in [0.1, 0.15) is 5.69 Å². The van der Waals surface area contributed by atoms with Crippen LogP contribution in [0.4, 0.5) is 14.5 Å². The van der Waals surface area contributed by atoms with Gasteiger partial charge in [-0.1, -0.05) is 91.8 Å². The van der Waals surface area contributed by atoms with Crippen molar-refractivity contribution < 1.29 is 23.4 Å². The first-order valence-electron chi connectivity index (χ1n) is 14.5. The molecule has 3 atom stereocenters. The molecule has 4 aromatic rings. The van der Waals surface area contributed by atoms with E-state index in [9.17, 15) is 9.90 Å². The summed E-state index contributed by atoms with van der Waals surface area (Å²) in [6.07, 6.45) is 0.895. The van der Waals surface area contributed by atoms with Gasteiger partial charge in [-0.25, -0.2) is 8.78 Å². The SMILES string of the molecule is C[C@@H]1CN(c2c(C(O)[Si](c3ccccc3)(c3ccccc3)C(C)(C)C)cc(F)c(F)c2C(=O)c2cccnn2)C[C@H](C)O1. The molecule has 0 bridgehead atoms. The predicted molar refractivity (Wildman–Crippen MR) is 167 cm³/mol. The van der Waals surface area contributed by atoms with Crippen molar-refractivity contribution in [1.29, 1.82) is 0 Å². The van der Waals surface area contributed by atoms with Crippen molar-refractivity contribution >= 4 is 29.9 Å². The number of aliphatic hydroxyl groups is 1. The van der Waals surface area contributed by atoms with Gasteiger partial charge >= 0.3 is 0 Å². The van der Waals surface area contributed by atoms with Crippen LogP contribution in [-0.4, -0.2) is 54.5 Å². The summed E-state index contributed by atoms with van der Waals surface area (Å²) in [4.78, 5) is 15.8. The quantitative estimate of drug-likeness (QED) is 0.231. The minimum Gasteiger partial charge on any atom is -0.391 e. The van der Waals surface area contributed by atoms with E-state index in [2.05, 4.69) is 31.0 Å². The van der Waals surface area contributed by atoms with Crippen LogP contribution in [0.5, 0.6) is 0 Å². The van der Waals surface area contributed by atoms with Gasteiger partial charge in [-0.2, -0.15) is 5.10 Å². The first-order valence-corrected chi connectivity index (χ1v) is 16.6. The lowest BCUT2D eigenvalue weighted by Gasteiger charge is -2.48. The van der Waals surface area contributed by atoms with Crippen LogP contribution in [0.3, 0.4) is 0 Å². The lowest BCUT2D eigenvalue weighted by atomic mass is 9.98. The Morgan fingerprint density at radius 1 is 0.953 bits per heavy atom. The summed E-state index contributed by atoms with van der Waals surface area (Å²) >= 11 is 0. The Morgan fingerprint density at radius 3 is 2.00 bits per heavy atom. The fourth-order valence-corrected chi connectivity index (χ4v) is 12.3. The molecule has 9 heteroatoms. The molecule has 1 aromatic heterocycles. The fourth-order valence-electron chi connectivity index (χ4n) is 6.70. The number of carbonyl (C=O) groups is 1. The molecule has 1 unspecified atom stereocenters. The summed E-state index contributed by atoms with van der Waals surface area (Å²) < 4.78 is 37.7. The smallest absolute Gasteiger partial charge is 0.218 e. The summed E-state index contributed by atoms with van der Waals surface area (Å²) in [6.45, 7) is 10.6. The largest absolute Gasteiger partial charge is 0.391 e. The first-order chi connectivity index (χ1) is 20.5. The molecule has 1 aliphatic rings. The van der Waals surface area contributed by atoms with Crippen molar-refractivity contribution in [2.75, 3.05) is 18.0 Å². The number of aliphatic hydroxyl groups excluding tert-OH is 1. The van der Waals surface area contributed by atoms with E-state index in [1.807, 2.05) is 79.4 Å². The number of aromatic nitrogens is 2. The molecule has 1 aliphatic heterocycles. The number of morpholine rings is 1. The molecule has 0 amide bonds. The zero-order valence-electron chi connectivity index (χ0n) is 25.1. The summed E-state index contributed by atoms with van der Waals surface area (Å²) in [5, 5.41) is 21.9. The van der Waals surface area contributed by atoms with E-state index in [1.54, 1.807) is 0 Å². The van der Waals surface area contributed by atoms with E-state index in [0.717, 1.165) is 16.4 Å². The second-order valence-corrected chi connectivity index (χ2v) is 17.1. The predicted octanol–water partition coefficient (Wildman–Crippen LogP) is 5.24. The fraction of sp³-hybridized carbons (Fsp3) is 0.324. The molecule has 224 valence electrons. The molecule has 0 spiro atoms. The lowest BCUT2D eigenvalue weighted by Crippen LogP contribution is -2.68. The van der Waals surface area contributed by atoms with Crippen LogP contribution >= 0.6 is 0 Å². The number of ether oxygens (including phenoxy) is 1. The number of nitrogens with zero attached hydrogens (tertiary/aromatic N) is 3. The van der Waals surface area contributed by atoms with Crippen LogP contribution in [0.15, 0.2) is 85.1 Å². The third kappa shape index (κ3) is 5.53. The van der Waals surface area contributed by atoms with E-state index in [0.29, 0.717) is 13.1 Å². The summed E-state index contributed by atoms with van der Waals surface area (Å²) in [5.74, 6) is -3.30. The van der Waals surface area contributed by atoms with Crippen molar-refractivity contribution in [3.8, 4) is 0 Å². The average molecular weight is 602 g/mol. The summed E-state index contributed by atoms with van der Waals surface area (Å²) in [7, 11) is -3.33. The molecule has 43 heavy (non-hydrogen) atoms. The van der Waals surface area contributed by atoms with Gasteiger partial charge in [0.2, 0.25) is 5.78 Å². The molecule has 5 rings (SSSR count). The van der Waals surface area contributed by atoms with Crippen molar-refractivity contribution in [2.24, 2.45) is 0 Å². The minimum atomic E-state index is -3.33. The number of hydrogen-bond acceptors (Lipinski definition) is 6. The molecule has 1 saturated heterocycles. The van der Waals surface area contributed by atoms with Gasteiger partial charge in [-0.05, 0) is 37.1 Å². The number of ketones is 1. The molecule has 6 nitrogen and oxygen atoms in total. The van der Waals surface area contributed by atoms with Gasteiger partial charge in [0.25, 0.3) is 0 Å². The number of carbonyl (C=O) groups excluding carboxylic acids is 1. The molecule has 1 N–H and O–H groups in total. The Kier molecular flexibility index (Phi) is 8.60. The average Bonchev–Trinajstić information content (AvgIpc) is 2.98. The molecule has 0 aliphatic carbocycles. The number of rotatable bonds is 7. The van der Waals surface area contributed by atoms with Crippen LogP contribution in [0.25, 0.3) is 0 Å². The maximum atomic E-state index is 16.0. The highest BCUT2D eigenvalue weighted by molar-refractivity contribution is 7.04. The van der Waals surface area contributed by atoms with Crippen LogP contribution in [0.1, 0.15) is 62.0 Å². The third-order valence-electron chi connectivity index (χ3n) is 8.34. The Bertz CT molecular complexity index is 1530. The Balaban J connectivity index is 1.87. The Morgan fingerprint density at radius 2 is 1.51 bits per heavy atom. The van der Waals surface area contributed by atoms with E-state index in [1.165, 1.54) is 18.3 Å². The van der Waals surface area contributed by atoms with Gasteiger partial charge in [0, 0.05) is 24.8 Å². The minimum absolute atomic E-state index is 0.117. The maximum absolute atomic E-state index is 16.0. The molecule has 3 aromatic carbocycles. The van der Waals surface area contributed by atoms with E-state index in [-0.39, 0.29) is 29.2 Å².